The molecule has 1 rings (SSSR count). The van der Waals surface area contributed by atoms with Crippen molar-refractivity contribution in [2.45, 2.75) is 39.3 Å². The first-order valence-electron chi connectivity index (χ1n) is 7.34. The number of carbonyl (C=O) groups excluding carboxylic acids is 1. The molecule has 1 aromatic rings. The molecule has 0 saturated heterocycles. The minimum atomic E-state index is -0.500. The normalized spacial score (nSPS) is 12.9. The molecular weight excluding hydrogens is 359 g/mol. The van der Waals surface area contributed by atoms with Gasteiger partial charge in [-0.15, -0.1) is 0 Å². The third-order valence-corrected chi connectivity index (χ3v) is 4.44. The van der Waals surface area contributed by atoms with E-state index < -0.39 is 5.60 Å². The van der Waals surface area contributed by atoms with Crippen molar-refractivity contribution >= 4 is 40.9 Å². The van der Waals surface area contributed by atoms with Crippen molar-refractivity contribution < 1.29 is 9.53 Å². The van der Waals surface area contributed by atoms with E-state index in [1.54, 1.807) is 13.1 Å². The van der Waals surface area contributed by atoms with Gasteiger partial charge in [0.15, 0.2) is 0 Å². The van der Waals surface area contributed by atoms with Crippen molar-refractivity contribution in [2.75, 3.05) is 20.1 Å². The Bertz CT molecular complexity index is 559. The number of ether oxygens (including phenoxy) is 1. The summed E-state index contributed by atoms with van der Waals surface area (Å²) in [5, 5.41) is 4.52. The molecule has 0 aliphatic carbocycles. The lowest BCUT2D eigenvalue weighted by Gasteiger charge is -2.25. The van der Waals surface area contributed by atoms with Crippen LogP contribution in [0.15, 0.2) is 12.1 Å². The second kappa shape index (κ2) is 8.43. The number of benzene rings is 1. The minimum absolute atomic E-state index is 0.0238. The highest BCUT2D eigenvalue weighted by molar-refractivity contribution is 6.48. The summed E-state index contributed by atoms with van der Waals surface area (Å²) in [5.74, 6) is 0. The van der Waals surface area contributed by atoms with Crippen LogP contribution in [0.2, 0.25) is 15.1 Å². The maximum absolute atomic E-state index is 11.9. The molecule has 1 amide bonds. The number of nitrogens with one attached hydrogen (secondary N) is 1. The highest BCUT2D eigenvalue weighted by atomic mass is 35.5. The van der Waals surface area contributed by atoms with Crippen LogP contribution in [0.3, 0.4) is 0 Å². The van der Waals surface area contributed by atoms with Crippen molar-refractivity contribution in [1.29, 1.82) is 0 Å². The molecule has 0 bridgehead atoms. The van der Waals surface area contributed by atoms with E-state index in [1.165, 1.54) is 4.90 Å². The Morgan fingerprint density at radius 3 is 2.43 bits per heavy atom. The van der Waals surface area contributed by atoms with Gasteiger partial charge in [0.1, 0.15) is 5.60 Å². The lowest BCUT2D eigenvalue weighted by molar-refractivity contribution is 0.0299. The molecule has 7 heteroatoms. The van der Waals surface area contributed by atoms with Crippen LogP contribution in [0.5, 0.6) is 0 Å². The van der Waals surface area contributed by atoms with Crippen LogP contribution in [0.1, 0.15) is 39.3 Å². The predicted molar refractivity (Wildman–Crippen MR) is 96.8 cm³/mol. The molecule has 4 nitrogen and oxygen atoms in total. The summed E-state index contributed by atoms with van der Waals surface area (Å²) < 4.78 is 5.30. The summed E-state index contributed by atoms with van der Waals surface area (Å²) in [7, 11) is 1.70. The fraction of sp³-hybridized carbons (Fsp3) is 0.562. The second-order valence-corrected chi connectivity index (χ2v) is 7.51. The number of halogens is 3. The molecule has 0 saturated carbocycles. The van der Waals surface area contributed by atoms with Gasteiger partial charge in [-0.25, -0.2) is 4.79 Å². The molecule has 0 fully saturated rings. The number of amides is 1. The molecule has 0 radical (unpaired) electrons. The van der Waals surface area contributed by atoms with Crippen molar-refractivity contribution in [3.05, 3.63) is 32.8 Å². The molecular formula is C16H23Cl3N2O2. The van der Waals surface area contributed by atoms with Crippen molar-refractivity contribution in [1.82, 2.24) is 10.2 Å². The third-order valence-electron chi connectivity index (χ3n) is 3.13. The average molecular weight is 382 g/mol. The first kappa shape index (κ1) is 20.4. The number of hydrogen-bond donors (Lipinski definition) is 1. The fourth-order valence-electron chi connectivity index (χ4n) is 1.87. The van der Waals surface area contributed by atoms with Gasteiger partial charge < -0.3 is 15.0 Å². The van der Waals surface area contributed by atoms with Gasteiger partial charge in [0.05, 0.1) is 15.1 Å². The van der Waals surface area contributed by atoms with Gasteiger partial charge >= 0.3 is 6.09 Å². The maximum Gasteiger partial charge on any atom is 0.410 e. The van der Waals surface area contributed by atoms with Gasteiger partial charge in [-0.1, -0.05) is 40.9 Å². The Morgan fingerprint density at radius 2 is 1.87 bits per heavy atom. The van der Waals surface area contributed by atoms with Crippen LogP contribution in [0, 0.1) is 0 Å². The van der Waals surface area contributed by atoms with Crippen LogP contribution in [0.25, 0.3) is 0 Å². The molecule has 1 aromatic carbocycles. The summed E-state index contributed by atoms with van der Waals surface area (Å²) in [6.45, 7) is 8.59. The monoisotopic (exact) mass is 380 g/mol. The molecule has 23 heavy (non-hydrogen) atoms. The summed E-state index contributed by atoms with van der Waals surface area (Å²) in [4.78, 5) is 13.4. The van der Waals surface area contributed by atoms with Crippen LogP contribution in [-0.4, -0.2) is 36.7 Å². The van der Waals surface area contributed by atoms with Gasteiger partial charge in [-0.2, -0.15) is 0 Å². The van der Waals surface area contributed by atoms with E-state index in [2.05, 4.69) is 5.32 Å². The molecule has 0 heterocycles. The van der Waals surface area contributed by atoms with E-state index in [4.69, 9.17) is 39.5 Å². The molecule has 0 aliphatic rings. The largest absolute Gasteiger partial charge is 0.444 e. The van der Waals surface area contributed by atoms with E-state index in [9.17, 15) is 4.79 Å². The Labute approximate surface area is 153 Å². The van der Waals surface area contributed by atoms with Gasteiger partial charge in [0.25, 0.3) is 0 Å². The molecule has 1 atom stereocenters. The number of hydrogen-bond acceptors (Lipinski definition) is 3. The molecule has 0 spiro atoms. The highest BCUT2D eigenvalue weighted by Crippen LogP contribution is 2.35. The summed E-state index contributed by atoms with van der Waals surface area (Å²) in [5.41, 5.74) is 0.362. The van der Waals surface area contributed by atoms with Gasteiger partial charge in [-0.05, 0) is 39.3 Å². The quantitative estimate of drug-likeness (QED) is 0.716. The summed E-state index contributed by atoms with van der Waals surface area (Å²) in [6.07, 6.45) is -0.348. The Kier molecular flexibility index (Phi) is 7.46. The molecule has 0 aromatic heterocycles. The van der Waals surface area contributed by atoms with E-state index in [-0.39, 0.29) is 12.1 Å². The summed E-state index contributed by atoms with van der Waals surface area (Å²) in [6, 6.07) is 3.53. The third kappa shape index (κ3) is 6.38. The number of likely N-dealkylation sites (N-methyl/N-ethyl adjacent to an activating group) is 1. The van der Waals surface area contributed by atoms with Crippen molar-refractivity contribution in [3.8, 4) is 0 Å². The molecule has 130 valence electrons. The maximum atomic E-state index is 11.9. The predicted octanol–water partition coefficient (Wildman–Crippen LogP) is 5.16. The SMILES string of the molecule is CC(NCCN(C)C(=O)OC(C)(C)C)c1ccc(Cl)c(Cl)c1Cl. The second-order valence-electron chi connectivity index (χ2n) is 6.34. The zero-order chi connectivity index (χ0) is 17.8. The van der Waals surface area contributed by atoms with E-state index in [0.29, 0.717) is 28.2 Å². The smallest absolute Gasteiger partial charge is 0.410 e. The first-order valence-corrected chi connectivity index (χ1v) is 8.47. The van der Waals surface area contributed by atoms with Crippen LogP contribution < -0.4 is 5.32 Å². The number of carbonyl (C=O) groups is 1. The number of rotatable bonds is 5. The summed E-state index contributed by atoms with van der Waals surface area (Å²) >= 11 is 18.2. The lowest BCUT2D eigenvalue weighted by Crippen LogP contribution is -2.38. The van der Waals surface area contributed by atoms with Crippen molar-refractivity contribution in [3.63, 3.8) is 0 Å². The zero-order valence-corrected chi connectivity index (χ0v) is 16.3. The van der Waals surface area contributed by atoms with Crippen LogP contribution in [-0.2, 0) is 4.74 Å². The van der Waals surface area contributed by atoms with E-state index >= 15 is 0 Å². The highest BCUT2D eigenvalue weighted by Gasteiger charge is 2.19. The van der Waals surface area contributed by atoms with E-state index in [1.807, 2.05) is 33.8 Å². The fourth-order valence-corrected chi connectivity index (χ4v) is 2.57. The van der Waals surface area contributed by atoms with Gasteiger partial charge in [0.2, 0.25) is 0 Å². The number of nitrogens with zero attached hydrogens (tertiary/aromatic N) is 1. The first-order chi connectivity index (χ1) is 10.5. The molecule has 1 unspecified atom stereocenters. The van der Waals surface area contributed by atoms with Crippen molar-refractivity contribution in [2.24, 2.45) is 0 Å². The van der Waals surface area contributed by atoms with Gasteiger partial charge in [-0.3, -0.25) is 0 Å². The Morgan fingerprint density at radius 1 is 1.26 bits per heavy atom. The molecule has 1 N–H and O–H groups in total. The van der Waals surface area contributed by atoms with Crippen LogP contribution >= 0.6 is 34.8 Å². The van der Waals surface area contributed by atoms with Crippen LogP contribution in [0.4, 0.5) is 4.79 Å². The Hall–Kier alpha value is -0.680. The lowest BCUT2D eigenvalue weighted by atomic mass is 10.1. The standard InChI is InChI=1S/C16H23Cl3N2O2/c1-10(11-6-7-12(17)14(19)13(11)18)20-8-9-21(5)15(22)23-16(2,3)4/h6-7,10,20H,8-9H2,1-5H3. The zero-order valence-electron chi connectivity index (χ0n) is 14.0. The van der Waals surface area contributed by atoms with Gasteiger partial charge in [0, 0.05) is 26.2 Å². The minimum Gasteiger partial charge on any atom is -0.444 e. The Balaban J connectivity index is 2.53. The average Bonchev–Trinajstić information content (AvgIpc) is 2.42. The topological polar surface area (TPSA) is 41.6 Å². The van der Waals surface area contributed by atoms with E-state index in [0.717, 1.165) is 5.56 Å². The molecule has 0 aliphatic heterocycles.